The zero-order valence-corrected chi connectivity index (χ0v) is 14.3. The van der Waals surface area contributed by atoms with Crippen LogP contribution in [0, 0.1) is 6.92 Å². The molecule has 0 bridgehead atoms. The Balaban J connectivity index is 1.48. The minimum atomic E-state index is -0.446. The van der Waals surface area contributed by atoms with Gasteiger partial charge in [0.15, 0.2) is 12.4 Å². The van der Waals surface area contributed by atoms with Gasteiger partial charge in [0.25, 0.3) is 5.91 Å². The van der Waals surface area contributed by atoms with E-state index in [1.54, 1.807) is 6.92 Å². The van der Waals surface area contributed by atoms with Crippen LogP contribution in [0.2, 0.25) is 0 Å². The Labute approximate surface area is 149 Å². The van der Waals surface area contributed by atoms with Crippen molar-refractivity contribution in [3.05, 3.63) is 69.9 Å². The molecule has 8 nitrogen and oxygen atoms in total. The summed E-state index contributed by atoms with van der Waals surface area (Å²) in [5.41, 5.74) is 1.64. The number of nitrogens with one attached hydrogen (secondary N) is 3. The first kappa shape index (κ1) is 17.4. The van der Waals surface area contributed by atoms with Crippen LogP contribution in [-0.4, -0.2) is 32.7 Å². The van der Waals surface area contributed by atoms with Crippen LogP contribution in [0.4, 0.5) is 5.95 Å². The largest absolute Gasteiger partial charge is 0.478 e. The summed E-state index contributed by atoms with van der Waals surface area (Å²) >= 11 is 0. The molecular weight excluding hydrogens is 334 g/mol. The molecule has 0 fully saturated rings. The second-order valence-corrected chi connectivity index (χ2v) is 5.77. The van der Waals surface area contributed by atoms with Crippen molar-refractivity contribution in [2.75, 3.05) is 11.9 Å². The van der Waals surface area contributed by atoms with Crippen molar-refractivity contribution in [2.24, 2.45) is 0 Å². The van der Waals surface area contributed by atoms with E-state index in [0.717, 1.165) is 12.1 Å². The number of aromatic nitrogens is 4. The highest BCUT2D eigenvalue weighted by atomic mass is 16.5. The molecular formula is C18H19N5O3. The fraction of sp³-hybridized carbons (Fsp3) is 0.222. The Hall–Kier alpha value is -3.42. The Bertz CT molecular complexity index is 933. The van der Waals surface area contributed by atoms with Crippen molar-refractivity contribution in [1.82, 2.24) is 20.2 Å². The molecule has 0 saturated heterocycles. The number of aryl methyl sites for hydroxylation is 3. The van der Waals surface area contributed by atoms with Crippen LogP contribution in [0.3, 0.4) is 0 Å². The van der Waals surface area contributed by atoms with E-state index in [-0.39, 0.29) is 23.7 Å². The minimum Gasteiger partial charge on any atom is -0.478 e. The fourth-order valence-electron chi connectivity index (χ4n) is 2.35. The lowest BCUT2D eigenvalue weighted by molar-refractivity contribution is -0.118. The first-order chi connectivity index (χ1) is 12.6. The van der Waals surface area contributed by atoms with Gasteiger partial charge in [-0.05, 0) is 18.9 Å². The second kappa shape index (κ2) is 8.11. The number of nitrogens with zero attached hydrogens (tertiary/aromatic N) is 2. The summed E-state index contributed by atoms with van der Waals surface area (Å²) in [4.78, 5) is 30.7. The van der Waals surface area contributed by atoms with Gasteiger partial charge in [-0.3, -0.25) is 20.0 Å². The number of rotatable bonds is 7. The summed E-state index contributed by atoms with van der Waals surface area (Å²) < 4.78 is 5.22. The third-order valence-electron chi connectivity index (χ3n) is 3.66. The number of benzene rings is 1. The van der Waals surface area contributed by atoms with Crippen LogP contribution in [0.1, 0.15) is 17.1 Å². The summed E-state index contributed by atoms with van der Waals surface area (Å²) in [6.45, 7) is 1.45. The number of carbonyl (C=O) groups excluding carboxylic acids is 1. The highest BCUT2D eigenvalue weighted by Gasteiger charge is 2.10. The molecule has 2 heterocycles. The van der Waals surface area contributed by atoms with Crippen LogP contribution in [0.25, 0.3) is 0 Å². The molecule has 2 aromatic heterocycles. The molecule has 0 aliphatic carbocycles. The van der Waals surface area contributed by atoms with E-state index in [0.29, 0.717) is 12.2 Å². The maximum absolute atomic E-state index is 11.9. The minimum absolute atomic E-state index is 0.0873. The smallest absolute Gasteiger partial charge is 0.264 e. The van der Waals surface area contributed by atoms with Gasteiger partial charge in [-0.25, -0.2) is 0 Å². The summed E-state index contributed by atoms with van der Waals surface area (Å²) in [6, 6.07) is 11.4. The zero-order chi connectivity index (χ0) is 18.4. The number of hydrogen-bond acceptors (Lipinski definition) is 5. The molecule has 3 rings (SSSR count). The predicted molar refractivity (Wildman–Crippen MR) is 96.2 cm³/mol. The first-order valence-corrected chi connectivity index (χ1v) is 8.17. The molecule has 26 heavy (non-hydrogen) atoms. The van der Waals surface area contributed by atoms with Gasteiger partial charge in [0, 0.05) is 24.4 Å². The second-order valence-electron chi connectivity index (χ2n) is 5.77. The van der Waals surface area contributed by atoms with E-state index in [2.05, 4.69) is 25.5 Å². The van der Waals surface area contributed by atoms with Crippen molar-refractivity contribution in [1.29, 1.82) is 0 Å². The van der Waals surface area contributed by atoms with Crippen LogP contribution in [0.15, 0.2) is 47.4 Å². The molecule has 0 atom stereocenters. The molecule has 1 aromatic carbocycles. The number of pyridine rings is 1. The van der Waals surface area contributed by atoms with E-state index in [1.807, 2.05) is 30.3 Å². The number of anilines is 1. The van der Waals surface area contributed by atoms with Crippen LogP contribution in [-0.2, 0) is 17.6 Å². The molecule has 0 saturated carbocycles. The molecule has 3 N–H and O–H groups in total. The van der Waals surface area contributed by atoms with Crippen molar-refractivity contribution >= 4 is 11.9 Å². The highest BCUT2D eigenvalue weighted by molar-refractivity contribution is 5.90. The van der Waals surface area contributed by atoms with E-state index in [4.69, 9.17) is 4.74 Å². The van der Waals surface area contributed by atoms with Crippen molar-refractivity contribution in [3.63, 3.8) is 0 Å². The van der Waals surface area contributed by atoms with Gasteiger partial charge in [-0.2, -0.15) is 4.98 Å². The number of aromatic amines is 2. The van der Waals surface area contributed by atoms with Gasteiger partial charge in [0.05, 0.1) is 0 Å². The fourth-order valence-corrected chi connectivity index (χ4v) is 2.35. The van der Waals surface area contributed by atoms with Gasteiger partial charge in [0.2, 0.25) is 11.4 Å². The zero-order valence-electron chi connectivity index (χ0n) is 14.3. The van der Waals surface area contributed by atoms with Gasteiger partial charge in [-0.1, -0.05) is 30.3 Å². The summed E-state index contributed by atoms with van der Waals surface area (Å²) in [7, 11) is 0. The van der Waals surface area contributed by atoms with Gasteiger partial charge in [-0.15, -0.1) is 5.10 Å². The molecule has 0 aliphatic rings. The Morgan fingerprint density at radius 3 is 2.81 bits per heavy atom. The molecule has 134 valence electrons. The quantitative estimate of drug-likeness (QED) is 0.597. The third kappa shape index (κ3) is 4.79. The Morgan fingerprint density at radius 2 is 2.04 bits per heavy atom. The molecule has 0 unspecified atom stereocenters. The number of ether oxygens (including phenoxy) is 1. The summed E-state index contributed by atoms with van der Waals surface area (Å²) in [6.07, 6.45) is 2.93. The predicted octanol–water partition coefficient (Wildman–Crippen LogP) is 1.60. The van der Waals surface area contributed by atoms with Gasteiger partial charge >= 0.3 is 0 Å². The average Bonchev–Trinajstić information content (AvgIpc) is 3.07. The van der Waals surface area contributed by atoms with Crippen LogP contribution >= 0.6 is 0 Å². The average molecular weight is 353 g/mol. The summed E-state index contributed by atoms with van der Waals surface area (Å²) in [5.74, 6) is 0.502. The Kier molecular flexibility index (Phi) is 5.43. The molecule has 3 aromatic rings. The lowest BCUT2D eigenvalue weighted by Gasteiger charge is -2.04. The topological polar surface area (TPSA) is 113 Å². The molecule has 8 heteroatoms. The number of carbonyl (C=O) groups is 1. The summed E-state index contributed by atoms with van der Waals surface area (Å²) in [5, 5.41) is 9.29. The maximum Gasteiger partial charge on any atom is 0.264 e. The standard InChI is InChI=1S/C18H19N5O3/c1-12-9-14(24)15(10-19-12)26-11-17(25)21-18-20-16(22-23-18)8-7-13-5-3-2-4-6-13/h2-6,9-10H,7-8,11H2,1H3,(H,19,24)(H2,20,21,22,23,25). The molecule has 0 aliphatic heterocycles. The first-order valence-electron chi connectivity index (χ1n) is 8.17. The van der Waals surface area contributed by atoms with E-state index < -0.39 is 5.91 Å². The monoisotopic (exact) mass is 353 g/mol. The number of hydrogen-bond donors (Lipinski definition) is 3. The maximum atomic E-state index is 11.9. The van der Waals surface area contributed by atoms with Crippen molar-refractivity contribution < 1.29 is 9.53 Å². The van der Waals surface area contributed by atoms with Crippen molar-refractivity contribution in [3.8, 4) is 5.75 Å². The molecule has 0 radical (unpaired) electrons. The van der Waals surface area contributed by atoms with Gasteiger partial charge in [0.1, 0.15) is 5.82 Å². The van der Waals surface area contributed by atoms with Gasteiger partial charge < -0.3 is 9.72 Å². The molecule has 0 spiro atoms. The third-order valence-corrected chi connectivity index (χ3v) is 3.66. The lowest BCUT2D eigenvalue weighted by atomic mass is 10.1. The van der Waals surface area contributed by atoms with E-state index in [9.17, 15) is 9.59 Å². The Morgan fingerprint density at radius 1 is 1.23 bits per heavy atom. The van der Waals surface area contributed by atoms with E-state index in [1.165, 1.54) is 17.8 Å². The van der Waals surface area contributed by atoms with Crippen LogP contribution in [0.5, 0.6) is 5.75 Å². The number of H-pyrrole nitrogens is 2. The van der Waals surface area contributed by atoms with E-state index >= 15 is 0 Å². The molecule has 1 amide bonds. The SMILES string of the molecule is Cc1cc(=O)c(OCC(=O)Nc2n[nH]c(CCc3ccccc3)n2)c[nH]1. The highest BCUT2D eigenvalue weighted by Crippen LogP contribution is 2.06. The normalized spacial score (nSPS) is 10.5. The van der Waals surface area contributed by atoms with Crippen molar-refractivity contribution in [2.45, 2.75) is 19.8 Å². The lowest BCUT2D eigenvalue weighted by Crippen LogP contribution is -2.22. The van der Waals surface area contributed by atoms with Crippen LogP contribution < -0.4 is 15.5 Å². The number of amides is 1.